The molecular weight excluding hydrogens is 224 g/mol. The number of hydrogen-bond donors (Lipinski definition) is 1. The minimum atomic E-state index is 0.624. The van der Waals surface area contributed by atoms with Gasteiger partial charge in [-0.3, -0.25) is 0 Å². The SMILES string of the molecule is CCCNCc1cnc(N(CC)CC(C)C)nc1. The van der Waals surface area contributed by atoms with Crippen LogP contribution in [0.4, 0.5) is 5.95 Å². The van der Waals surface area contributed by atoms with Crippen molar-refractivity contribution in [2.75, 3.05) is 24.5 Å². The van der Waals surface area contributed by atoms with Crippen LogP contribution in [0, 0.1) is 5.92 Å². The summed E-state index contributed by atoms with van der Waals surface area (Å²) < 4.78 is 0. The van der Waals surface area contributed by atoms with Crippen LogP contribution >= 0.6 is 0 Å². The van der Waals surface area contributed by atoms with Gasteiger partial charge in [-0.2, -0.15) is 0 Å². The standard InChI is InChI=1S/C14H26N4/c1-5-7-15-8-13-9-16-14(17-10-13)18(6-2)11-12(3)4/h9-10,12,15H,5-8,11H2,1-4H3. The summed E-state index contributed by atoms with van der Waals surface area (Å²) in [5, 5.41) is 3.35. The zero-order valence-electron chi connectivity index (χ0n) is 12.1. The number of nitrogens with zero attached hydrogens (tertiary/aromatic N) is 3. The van der Waals surface area contributed by atoms with Crippen LogP contribution in [0.1, 0.15) is 39.7 Å². The molecule has 102 valence electrons. The maximum absolute atomic E-state index is 4.46. The smallest absolute Gasteiger partial charge is 0.225 e. The molecule has 0 fully saturated rings. The first-order valence-electron chi connectivity index (χ1n) is 6.93. The Morgan fingerprint density at radius 2 is 1.89 bits per heavy atom. The van der Waals surface area contributed by atoms with Crippen molar-refractivity contribution in [1.82, 2.24) is 15.3 Å². The average Bonchev–Trinajstić information content (AvgIpc) is 2.37. The summed E-state index contributed by atoms with van der Waals surface area (Å²) in [7, 11) is 0. The Kier molecular flexibility index (Phi) is 6.65. The Morgan fingerprint density at radius 3 is 2.39 bits per heavy atom. The Hall–Kier alpha value is -1.16. The quantitative estimate of drug-likeness (QED) is 0.720. The summed E-state index contributed by atoms with van der Waals surface area (Å²) in [6.45, 7) is 12.6. The molecule has 0 aliphatic heterocycles. The topological polar surface area (TPSA) is 41.1 Å². The van der Waals surface area contributed by atoms with E-state index in [9.17, 15) is 0 Å². The highest BCUT2D eigenvalue weighted by molar-refractivity contribution is 5.29. The molecule has 4 heteroatoms. The van der Waals surface area contributed by atoms with Gasteiger partial charge in [-0.1, -0.05) is 20.8 Å². The van der Waals surface area contributed by atoms with Crippen LogP contribution in [-0.2, 0) is 6.54 Å². The molecule has 0 saturated heterocycles. The van der Waals surface area contributed by atoms with Crippen molar-refractivity contribution in [3.05, 3.63) is 18.0 Å². The van der Waals surface area contributed by atoms with E-state index >= 15 is 0 Å². The number of nitrogens with one attached hydrogen (secondary N) is 1. The van der Waals surface area contributed by atoms with Gasteiger partial charge in [-0.25, -0.2) is 9.97 Å². The summed E-state index contributed by atoms with van der Waals surface area (Å²) in [5.74, 6) is 1.46. The molecule has 18 heavy (non-hydrogen) atoms. The van der Waals surface area contributed by atoms with E-state index in [0.717, 1.165) is 44.1 Å². The van der Waals surface area contributed by atoms with Crippen LogP contribution in [0.2, 0.25) is 0 Å². The first kappa shape index (κ1) is 14.9. The van der Waals surface area contributed by atoms with Crippen molar-refractivity contribution < 1.29 is 0 Å². The van der Waals surface area contributed by atoms with Crippen LogP contribution in [0.15, 0.2) is 12.4 Å². The molecule has 1 aromatic heterocycles. The Bertz CT molecular complexity index is 321. The van der Waals surface area contributed by atoms with Crippen LogP contribution in [0.3, 0.4) is 0 Å². The first-order valence-corrected chi connectivity index (χ1v) is 6.93. The van der Waals surface area contributed by atoms with E-state index in [2.05, 4.69) is 47.9 Å². The van der Waals surface area contributed by atoms with E-state index in [0.29, 0.717) is 5.92 Å². The van der Waals surface area contributed by atoms with Gasteiger partial charge in [0.2, 0.25) is 5.95 Å². The highest BCUT2D eigenvalue weighted by Gasteiger charge is 2.08. The Labute approximate surface area is 111 Å². The van der Waals surface area contributed by atoms with E-state index in [-0.39, 0.29) is 0 Å². The first-order chi connectivity index (χ1) is 8.67. The molecule has 1 rings (SSSR count). The fraction of sp³-hybridized carbons (Fsp3) is 0.714. The molecular formula is C14H26N4. The Morgan fingerprint density at radius 1 is 1.22 bits per heavy atom. The lowest BCUT2D eigenvalue weighted by atomic mass is 10.2. The summed E-state index contributed by atoms with van der Waals surface area (Å²) in [4.78, 5) is 11.1. The summed E-state index contributed by atoms with van der Waals surface area (Å²) in [6.07, 6.45) is 5.00. The molecule has 0 atom stereocenters. The highest BCUT2D eigenvalue weighted by Crippen LogP contribution is 2.09. The number of aromatic nitrogens is 2. The van der Waals surface area contributed by atoms with E-state index in [1.165, 1.54) is 0 Å². The zero-order chi connectivity index (χ0) is 13.4. The summed E-state index contributed by atoms with van der Waals surface area (Å²) >= 11 is 0. The molecule has 1 aromatic rings. The van der Waals surface area contributed by atoms with Gasteiger partial charge < -0.3 is 10.2 Å². The monoisotopic (exact) mass is 250 g/mol. The summed E-state index contributed by atoms with van der Waals surface area (Å²) in [5.41, 5.74) is 1.15. The van der Waals surface area contributed by atoms with Gasteiger partial charge in [-0.15, -0.1) is 0 Å². The molecule has 0 aliphatic rings. The molecule has 1 heterocycles. The molecule has 0 unspecified atom stereocenters. The second-order valence-corrected chi connectivity index (χ2v) is 5.00. The molecule has 0 radical (unpaired) electrons. The molecule has 0 saturated carbocycles. The minimum Gasteiger partial charge on any atom is -0.341 e. The van der Waals surface area contributed by atoms with Gasteiger partial charge in [-0.05, 0) is 25.8 Å². The third-order valence-electron chi connectivity index (χ3n) is 2.70. The third kappa shape index (κ3) is 5.00. The second-order valence-electron chi connectivity index (χ2n) is 5.00. The average molecular weight is 250 g/mol. The van der Waals surface area contributed by atoms with Crippen LogP contribution < -0.4 is 10.2 Å². The predicted molar refractivity (Wildman–Crippen MR) is 76.8 cm³/mol. The lowest BCUT2D eigenvalue weighted by Gasteiger charge is -2.22. The van der Waals surface area contributed by atoms with Gasteiger partial charge in [0.05, 0.1) is 0 Å². The lowest BCUT2D eigenvalue weighted by Crippen LogP contribution is -2.29. The molecule has 0 bridgehead atoms. The molecule has 4 nitrogen and oxygen atoms in total. The molecule has 0 aliphatic carbocycles. The van der Waals surface area contributed by atoms with Crippen molar-refractivity contribution in [2.24, 2.45) is 5.92 Å². The van der Waals surface area contributed by atoms with Gasteiger partial charge in [0, 0.05) is 37.6 Å². The molecule has 1 N–H and O–H groups in total. The summed E-state index contributed by atoms with van der Waals surface area (Å²) in [6, 6.07) is 0. The highest BCUT2D eigenvalue weighted by atomic mass is 15.2. The van der Waals surface area contributed by atoms with E-state index in [4.69, 9.17) is 0 Å². The van der Waals surface area contributed by atoms with Crippen molar-refractivity contribution in [3.8, 4) is 0 Å². The van der Waals surface area contributed by atoms with E-state index in [1.807, 2.05) is 12.4 Å². The van der Waals surface area contributed by atoms with Crippen molar-refractivity contribution in [1.29, 1.82) is 0 Å². The van der Waals surface area contributed by atoms with Gasteiger partial charge in [0.25, 0.3) is 0 Å². The van der Waals surface area contributed by atoms with Gasteiger partial charge in [0.15, 0.2) is 0 Å². The van der Waals surface area contributed by atoms with Crippen molar-refractivity contribution in [2.45, 2.75) is 40.7 Å². The fourth-order valence-electron chi connectivity index (χ4n) is 1.80. The Balaban J connectivity index is 2.57. The van der Waals surface area contributed by atoms with Crippen LogP contribution in [-0.4, -0.2) is 29.6 Å². The third-order valence-corrected chi connectivity index (χ3v) is 2.70. The normalized spacial score (nSPS) is 10.9. The van der Waals surface area contributed by atoms with E-state index in [1.54, 1.807) is 0 Å². The fourth-order valence-corrected chi connectivity index (χ4v) is 1.80. The molecule has 0 amide bonds. The van der Waals surface area contributed by atoms with Gasteiger partial charge in [0.1, 0.15) is 0 Å². The largest absolute Gasteiger partial charge is 0.341 e. The number of rotatable bonds is 8. The molecule has 0 aromatic carbocycles. The van der Waals surface area contributed by atoms with Gasteiger partial charge >= 0.3 is 0 Å². The number of anilines is 1. The lowest BCUT2D eigenvalue weighted by molar-refractivity contribution is 0.608. The maximum Gasteiger partial charge on any atom is 0.225 e. The minimum absolute atomic E-state index is 0.624. The van der Waals surface area contributed by atoms with Crippen LogP contribution in [0.25, 0.3) is 0 Å². The molecule has 0 spiro atoms. The maximum atomic E-state index is 4.46. The van der Waals surface area contributed by atoms with Crippen molar-refractivity contribution in [3.63, 3.8) is 0 Å². The number of hydrogen-bond acceptors (Lipinski definition) is 4. The second kappa shape index (κ2) is 8.03. The van der Waals surface area contributed by atoms with Crippen LogP contribution in [0.5, 0.6) is 0 Å². The predicted octanol–water partition coefficient (Wildman–Crippen LogP) is 2.46. The zero-order valence-corrected chi connectivity index (χ0v) is 12.1. The van der Waals surface area contributed by atoms with Crippen molar-refractivity contribution >= 4 is 5.95 Å². The van der Waals surface area contributed by atoms with E-state index < -0.39 is 0 Å².